The summed E-state index contributed by atoms with van der Waals surface area (Å²) >= 11 is 0. The van der Waals surface area contributed by atoms with Crippen LogP contribution in [-0.2, 0) is 40.1 Å². The first-order chi connectivity index (χ1) is 22.8. The van der Waals surface area contributed by atoms with Crippen LogP contribution in [0.3, 0.4) is 0 Å². The van der Waals surface area contributed by atoms with Gasteiger partial charge in [-0.25, -0.2) is 4.79 Å². The molecule has 3 rings (SSSR count). The van der Waals surface area contributed by atoms with Gasteiger partial charge in [-0.15, -0.1) is 0 Å². The van der Waals surface area contributed by atoms with Gasteiger partial charge in [0, 0.05) is 12.1 Å². The van der Waals surface area contributed by atoms with E-state index in [4.69, 9.17) is 10.5 Å². The van der Waals surface area contributed by atoms with Crippen molar-refractivity contribution in [1.82, 2.24) is 16.0 Å². The summed E-state index contributed by atoms with van der Waals surface area (Å²) in [5, 5.41) is 12.5. The Morgan fingerprint density at radius 2 is 1.23 bits per heavy atom. The molecule has 0 heterocycles. The predicted molar refractivity (Wildman–Crippen MR) is 182 cm³/mol. The highest BCUT2D eigenvalue weighted by Crippen LogP contribution is 2.19. The third kappa shape index (κ3) is 12.2. The highest BCUT2D eigenvalue weighted by atomic mass is 16.5. The smallest absolute Gasteiger partial charge is 0.397 e. The lowest BCUT2D eigenvalue weighted by molar-refractivity contribution is -0.156. The molecule has 0 aliphatic heterocycles. The van der Waals surface area contributed by atoms with E-state index in [-0.39, 0.29) is 44.1 Å². The van der Waals surface area contributed by atoms with E-state index in [9.17, 15) is 28.8 Å². The van der Waals surface area contributed by atoms with E-state index in [0.29, 0.717) is 11.3 Å². The van der Waals surface area contributed by atoms with Gasteiger partial charge in [-0.3, -0.25) is 24.0 Å². The average molecular weight is 660 g/mol. The van der Waals surface area contributed by atoms with Crippen LogP contribution in [0.4, 0.5) is 5.69 Å². The number of nitrogens with two attached hydrogens (primary N) is 1. The number of benzene rings is 3. The highest BCUT2D eigenvalue weighted by molar-refractivity contribution is 6.32. The Morgan fingerprint density at radius 1 is 0.667 bits per heavy atom. The molecule has 0 saturated carbocycles. The summed E-state index contributed by atoms with van der Waals surface area (Å²) in [5.41, 5.74) is 6.54. The Labute approximate surface area is 280 Å². The Kier molecular flexibility index (Phi) is 14.1. The zero-order valence-corrected chi connectivity index (χ0v) is 27.8. The minimum absolute atomic E-state index is 0.0531. The summed E-state index contributed by atoms with van der Waals surface area (Å²) in [4.78, 5) is 77.2. The SMILES string of the molecule is CC(C)C[C@H](NC(=O)C(=O)OCc1ccccc1)C(=O)N[C@@H](CC(C)C)C(=O)N[C@@H](CCC(N)=O)C(=O)Nc1ccc2ccccc2c1. The maximum atomic E-state index is 13.6. The molecule has 3 aromatic carbocycles. The molecular formula is C36H45N5O7. The highest BCUT2D eigenvalue weighted by Gasteiger charge is 2.32. The van der Waals surface area contributed by atoms with Gasteiger partial charge in [-0.2, -0.15) is 0 Å². The Bertz CT molecular complexity index is 1590. The number of nitrogens with one attached hydrogen (secondary N) is 4. The van der Waals surface area contributed by atoms with E-state index in [2.05, 4.69) is 21.3 Å². The normalized spacial score (nSPS) is 12.9. The van der Waals surface area contributed by atoms with E-state index in [1.807, 2.05) is 64.1 Å². The molecule has 12 nitrogen and oxygen atoms in total. The zero-order chi connectivity index (χ0) is 35.2. The lowest BCUT2D eigenvalue weighted by Gasteiger charge is -2.26. The van der Waals surface area contributed by atoms with Gasteiger partial charge in [-0.05, 0) is 59.6 Å². The molecule has 12 heteroatoms. The molecule has 3 atom stereocenters. The van der Waals surface area contributed by atoms with E-state index in [0.717, 1.165) is 10.8 Å². The van der Waals surface area contributed by atoms with Crippen molar-refractivity contribution in [3.05, 3.63) is 78.4 Å². The minimum atomic E-state index is -1.15. The Hall–Kier alpha value is -5.26. The standard InChI is InChI=1S/C36H45N5O7/c1-22(2)18-29(40-34(45)30(19-23(3)4)41-35(46)36(47)48-21-24-10-6-5-7-11-24)33(44)39-28(16-17-31(37)42)32(43)38-27-15-14-25-12-8-9-13-26(25)20-27/h5-15,20,22-23,28-30H,16-19,21H2,1-4H3,(H2,37,42)(H,38,43)(H,39,44)(H,40,45)(H,41,46)/t28-,29-,30-/m0/s1. The summed E-state index contributed by atoms with van der Waals surface area (Å²) in [5.74, 6) is -4.89. The lowest BCUT2D eigenvalue weighted by Crippen LogP contribution is -2.57. The monoisotopic (exact) mass is 659 g/mol. The quantitative estimate of drug-likeness (QED) is 0.115. The topological polar surface area (TPSA) is 186 Å². The summed E-state index contributed by atoms with van der Waals surface area (Å²) in [6.45, 7) is 7.29. The molecule has 6 N–H and O–H groups in total. The Morgan fingerprint density at radius 3 is 1.83 bits per heavy atom. The summed E-state index contributed by atoms with van der Waals surface area (Å²) in [6.07, 6.45) is 0.142. The van der Waals surface area contributed by atoms with Crippen LogP contribution in [0.1, 0.15) is 58.9 Å². The number of ether oxygens (including phenoxy) is 1. The number of fused-ring (bicyclic) bond motifs is 1. The molecular weight excluding hydrogens is 614 g/mol. The van der Waals surface area contributed by atoms with Gasteiger partial charge in [0.25, 0.3) is 0 Å². The van der Waals surface area contributed by atoms with Gasteiger partial charge in [0.15, 0.2) is 0 Å². The number of anilines is 1. The zero-order valence-electron chi connectivity index (χ0n) is 27.8. The lowest BCUT2D eigenvalue weighted by atomic mass is 9.99. The van der Waals surface area contributed by atoms with Gasteiger partial charge >= 0.3 is 11.9 Å². The summed E-state index contributed by atoms with van der Waals surface area (Å²) in [6, 6.07) is 18.4. The number of hydrogen-bond acceptors (Lipinski definition) is 7. The molecule has 48 heavy (non-hydrogen) atoms. The molecule has 0 saturated heterocycles. The van der Waals surface area contributed by atoms with Crippen molar-refractivity contribution in [2.24, 2.45) is 17.6 Å². The van der Waals surface area contributed by atoms with Crippen molar-refractivity contribution in [1.29, 1.82) is 0 Å². The first-order valence-corrected chi connectivity index (χ1v) is 16.0. The number of rotatable bonds is 16. The minimum Gasteiger partial charge on any atom is -0.454 e. The maximum Gasteiger partial charge on any atom is 0.397 e. The first kappa shape index (κ1) is 37.2. The predicted octanol–water partition coefficient (Wildman–Crippen LogP) is 3.33. The van der Waals surface area contributed by atoms with Gasteiger partial charge < -0.3 is 31.7 Å². The molecule has 0 unspecified atom stereocenters. The van der Waals surface area contributed by atoms with Gasteiger partial charge in [0.2, 0.25) is 23.6 Å². The molecule has 5 amide bonds. The maximum absolute atomic E-state index is 13.6. The molecule has 3 aromatic rings. The van der Waals surface area contributed by atoms with Crippen LogP contribution in [0, 0.1) is 11.8 Å². The second kappa shape index (κ2) is 18.2. The van der Waals surface area contributed by atoms with Crippen LogP contribution < -0.4 is 27.0 Å². The average Bonchev–Trinajstić information content (AvgIpc) is 3.04. The van der Waals surface area contributed by atoms with Crippen molar-refractivity contribution < 1.29 is 33.5 Å². The van der Waals surface area contributed by atoms with Crippen LogP contribution in [0.5, 0.6) is 0 Å². The Balaban J connectivity index is 1.72. The van der Waals surface area contributed by atoms with Crippen LogP contribution in [0.15, 0.2) is 72.8 Å². The fourth-order valence-electron chi connectivity index (χ4n) is 5.01. The van der Waals surface area contributed by atoms with Crippen molar-refractivity contribution in [2.75, 3.05) is 5.32 Å². The molecule has 0 aliphatic rings. The van der Waals surface area contributed by atoms with Crippen LogP contribution >= 0.6 is 0 Å². The number of hydrogen-bond donors (Lipinski definition) is 5. The molecule has 256 valence electrons. The third-order valence-corrected chi connectivity index (χ3v) is 7.40. The number of carbonyl (C=O) groups is 6. The largest absolute Gasteiger partial charge is 0.454 e. The molecule has 0 spiro atoms. The van der Waals surface area contributed by atoms with Crippen LogP contribution in [-0.4, -0.2) is 53.6 Å². The van der Waals surface area contributed by atoms with Crippen molar-refractivity contribution in [3.63, 3.8) is 0 Å². The summed E-state index contributed by atoms with van der Waals surface area (Å²) in [7, 11) is 0. The van der Waals surface area contributed by atoms with E-state index in [1.54, 1.807) is 36.4 Å². The first-order valence-electron chi connectivity index (χ1n) is 16.0. The number of primary amides is 1. The van der Waals surface area contributed by atoms with E-state index in [1.165, 1.54) is 0 Å². The number of esters is 1. The molecule has 0 radical (unpaired) electrons. The fraction of sp³-hybridized carbons (Fsp3) is 0.389. The van der Waals surface area contributed by atoms with Crippen molar-refractivity contribution >= 4 is 52.0 Å². The second-order valence-electron chi connectivity index (χ2n) is 12.5. The van der Waals surface area contributed by atoms with E-state index < -0.39 is 53.6 Å². The fourth-order valence-corrected chi connectivity index (χ4v) is 5.01. The molecule has 0 bridgehead atoms. The molecule has 0 aromatic heterocycles. The number of carbonyl (C=O) groups excluding carboxylic acids is 6. The van der Waals surface area contributed by atoms with Crippen LogP contribution in [0.2, 0.25) is 0 Å². The van der Waals surface area contributed by atoms with Gasteiger partial charge in [0.1, 0.15) is 24.7 Å². The molecule has 0 fully saturated rings. The third-order valence-electron chi connectivity index (χ3n) is 7.40. The van der Waals surface area contributed by atoms with E-state index >= 15 is 0 Å². The molecule has 0 aliphatic carbocycles. The number of amides is 5. The summed E-state index contributed by atoms with van der Waals surface area (Å²) < 4.78 is 5.10. The van der Waals surface area contributed by atoms with Crippen LogP contribution in [0.25, 0.3) is 10.8 Å². The van der Waals surface area contributed by atoms with Crippen molar-refractivity contribution in [2.45, 2.75) is 78.1 Å². The van der Waals surface area contributed by atoms with Gasteiger partial charge in [-0.1, -0.05) is 88.4 Å². The van der Waals surface area contributed by atoms with Gasteiger partial charge in [0.05, 0.1) is 0 Å². The van der Waals surface area contributed by atoms with Crippen molar-refractivity contribution in [3.8, 4) is 0 Å². The second-order valence-corrected chi connectivity index (χ2v) is 12.5.